The first-order chi connectivity index (χ1) is 8.69. The van der Waals surface area contributed by atoms with Gasteiger partial charge >= 0.3 is 0 Å². The SMILES string of the molecule is C=Cc1ccccc1Br.C=Cc1ccccc1C. The van der Waals surface area contributed by atoms with E-state index >= 15 is 0 Å². The van der Waals surface area contributed by atoms with Crippen LogP contribution < -0.4 is 0 Å². The van der Waals surface area contributed by atoms with Gasteiger partial charge in [-0.25, -0.2) is 0 Å². The van der Waals surface area contributed by atoms with Crippen molar-refractivity contribution in [2.45, 2.75) is 6.92 Å². The third-order valence-electron chi connectivity index (χ3n) is 2.53. The molecule has 18 heavy (non-hydrogen) atoms. The van der Waals surface area contributed by atoms with Gasteiger partial charge < -0.3 is 0 Å². The van der Waals surface area contributed by atoms with Crippen LogP contribution in [0.1, 0.15) is 16.7 Å². The molecule has 0 aliphatic carbocycles. The third-order valence-corrected chi connectivity index (χ3v) is 3.26. The lowest BCUT2D eigenvalue weighted by Crippen LogP contribution is -1.75. The topological polar surface area (TPSA) is 0 Å². The van der Waals surface area contributed by atoms with Gasteiger partial charge in [0, 0.05) is 4.47 Å². The lowest BCUT2D eigenvalue weighted by atomic mass is 10.1. The van der Waals surface area contributed by atoms with Crippen LogP contribution >= 0.6 is 15.9 Å². The highest BCUT2D eigenvalue weighted by Crippen LogP contribution is 2.15. The first-order valence-corrected chi connectivity index (χ1v) is 6.53. The Kier molecular flexibility index (Phi) is 6.16. The maximum Gasteiger partial charge on any atom is 0.0247 e. The summed E-state index contributed by atoms with van der Waals surface area (Å²) in [6.07, 6.45) is 3.69. The molecular formula is C17H17Br. The van der Waals surface area contributed by atoms with Crippen molar-refractivity contribution in [2.24, 2.45) is 0 Å². The second-order valence-corrected chi connectivity index (χ2v) is 4.64. The molecule has 0 aromatic heterocycles. The van der Waals surface area contributed by atoms with Crippen molar-refractivity contribution in [3.05, 3.63) is 82.9 Å². The number of aryl methyl sites for hydroxylation is 1. The van der Waals surface area contributed by atoms with Gasteiger partial charge in [0.1, 0.15) is 0 Å². The smallest absolute Gasteiger partial charge is 0.0247 e. The molecule has 0 spiro atoms. The number of halogens is 1. The van der Waals surface area contributed by atoms with Crippen molar-refractivity contribution in [3.8, 4) is 0 Å². The minimum absolute atomic E-state index is 1.10. The van der Waals surface area contributed by atoms with Gasteiger partial charge in [-0.2, -0.15) is 0 Å². The summed E-state index contributed by atoms with van der Waals surface area (Å²) >= 11 is 3.39. The first kappa shape index (κ1) is 14.5. The number of hydrogen-bond acceptors (Lipinski definition) is 0. The molecule has 0 heterocycles. The molecule has 0 saturated carbocycles. The predicted octanol–water partition coefficient (Wildman–Crippen LogP) is 5.73. The maximum absolute atomic E-state index is 3.69. The molecule has 2 aromatic rings. The molecule has 0 amide bonds. The Labute approximate surface area is 118 Å². The van der Waals surface area contributed by atoms with E-state index in [1.54, 1.807) is 0 Å². The molecule has 0 aliphatic heterocycles. The van der Waals surface area contributed by atoms with Crippen molar-refractivity contribution in [3.63, 3.8) is 0 Å². The molecule has 0 radical (unpaired) electrons. The van der Waals surface area contributed by atoms with Gasteiger partial charge in [-0.15, -0.1) is 0 Å². The van der Waals surface area contributed by atoms with Gasteiger partial charge in [-0.3, -0.25) is 0 Å². The second kappa shape index (κ2) is 7.67. The van der Waals surface area contributed by atoms with Crippen molar-refractivity contribution in [1.29, 1.82) is 0 Å². The molecule has 0 unspecified atom stereocenters. The zero-order valence-corrected chi connectivity index (χ0v) is 12.2. The van der Waals surface area contributed by atoms with Crippen LogP contribution in [0.25, 0.3) is 12.2 Å². The van der Waals surface area contributed by atoms with Crippen molar-refractivity contribution >= 4 is 28.1 Å². The fourth-order valence-corrected chi connectivity index (χ4v) is 1.90. The van der Waals surface area contributed by atoms with Gasteiger partial charge in [0.15, 0.2) is 0 Å². The average Bonchev–Trinajstić information content (AvgIpc) is 2.41. The fraction of sp³-hybridized carbons (Fsp3) is 0.0588. The Morgan fingerprint density at radius 3 is 1.72 bits per heavy atom. The highest BCUT2D eigenvalue weighted by Gasteiger charge is 1.89. The quantitative estimate of drug-likeness (QED) is 0.664. The predicted molar refractivity (Wildman–Crippen MR) is 85.5 cm³/mol. The van der Waals surface area contributed by atoms with Crippen molar-refractivity contribution in [2.75, 3.05) is 0 Å². The monoisotopic (exact) mass is 300 g/mol. The average molecular weight is 301 g/mol. The minimum atomic E-state index is 1.10. The van der Waals surface area contributed by atoms with Gasteiger partial charge in [-0.1, -0.05) is 83.7 Å². The Hall–Kier alpha value is -1.60. The lowest BCUT2D eigenvalue weighted by molar-refractivity contribution is 1.45. The summed E-state index contributed by atoms with van der Waals surface area (Å²) in [5, 5.41) is 0. The molecule has 0 aliphatic rings. The number of rotatable bonds is 2. The zero-order valence-electron chi connectivity index (χ0n) is 10.6. The highest BCUT2D eigenvalue weighted by molar-refractivity contribution is 9.10. The molecule has 0 saturated heterocycles. The third kappa shape index (κ3) is 4.34. The summed E-state index contributed by atoms with van der Waals surface area (Å²) in [4.78, 5) is 0. The van der Waals surface area contributed by atoms with Crippen LogP contribution in [0.3, 0.4) is 0 Å². The summed E-state index contributed by atoms with van der Waals surface area (Å²) in [6.45, 7) is 9.43. The van der Waals surface area contributed by atoms with Gasteiger partial charge in [0.2, 0.25) is 0 Å². The van der Waals surface area contributed by atoms with Gasteiger partial charge in [-0.05, 0) is 29.7 Å². The summed E-state index contributed by atoms with van der Waals surface area (Å²) in [5.41, 5.74) is 3.64. The normalized spacial score (nSPS) is 9.00. The molecule has 2 rings (SSSR count). The Bertz CT molecular complexity index is 477. The maximum atomic E-state index is 3.69. The molecule has 0 N–H and O–H groups in total. The van der Waals surface area contributed by atoms with E-state index in [1.807, 2.05) is 48.6 Å². The van der Waals surface area contributed by atoms with Crippen LogP contribution in [0.2, 0.25) is 0 Å². The standard InChI is InChI=1S/C9H10.C8H7Br/c1-3-9-7-5-4-6-8(9)2;1-2-7-5-3-4-6-8(7)9/h3-7H,1H2,2H3;2-6H,1H2. The van der Waals surface area contributed by atoms with Gasteiger partial charge in [0.25, 0.3) is 0 Å². The van der Waals surface area contributed by atoms with Crippen LogP contribution in [0, 0.1) is 6.92 Å². The molecule has 0 fully saturated rings. The van der Waals surface area contributed by atoms with Crippen LogP contribution in [0.5, 0.6) is 0 Å². The molecule has 0 atom stereocenters. The Morgan fingerprint density at radius 1 is 0.833 bits per heavy atom. The Morgan fingerprint density at radius 2 is 1.33 bits per heavy atom. The fourth-order valence-electron chi connectivity index (χ4n) is 1.46. The van der Waals surface area contributed by atoms with E-state index in [4.69, 9.17) is 0 Å². The van der Waals surface area contributed by atoms with E-state index in [1.165, 1.54) is 11.1 Å². The Balaban J connectivity index is 0.000000180. The van der Waals surface area contributed by atoms with Crippen LogP contribution in [0.4, 0.5) is 0 Å². The van der Waals surface area contributed by atoms with E-state index < -0.39 is 0 Å². The van der Waals surface area contributed by atoms with Crippen LogP contribution in [-0.2, 0) is 0 Å². The summed E-state index contributed by atoms with van der Waals surface area (Å²) in [7, 11) is 0. The molecule has 92 valence electrons. The summed E-state index contributed by atoms with van der Waals surface area (Å²) < 4.78 is 1.10. The molecule has 0 nitrogen and oxygen atoms in total. The molecule has 2 aromatic carbocycles. The minimum Gasteiger partial charge on any atom is -0.0985 e. The summed E-state index contributed by atoms with van der Waals surface area (Å²) in [5.74, 6) is 0. The second-order valence-electron chi connectivity index (χ2n) is 3.79. The van der Waals surface area contributed by atoms with E-state index in [0.29, 0.717) is 0 Å². The first-order valence-electron chi connectivity index (χ1n) is 5.74. The summed E-state index contributed by atoms with van der Waals surface area (Å²) in [6, 6.07) is 16.2. The molecule has 1 heteroatoms. The van der Waals surface area contributed by atoms with E-state index in [-0.39, 0.29) is 0 Å². The van der Waals surface area contributed by atoms with Crippen LogP contribution in [-0.4, -0.2) is 0 Å². The largest absolute Gasteiger partial charge is 0.0985 e. The number of hydrogen-bond donors (Lipinski definition) is 0. The lowest BCUT2D eigenvalue weighted by Gasteiger charge is -1.95. The van der Waals surface area contributed by atoms with E-state index in [2.05, 4.69) is 48.1 Å². The van der Waals surface area contributed by atoms with Crippen molar-refractivity contribution in [1.82, 2.24) is 0 Å². The number of benzene rings is 2. The van der Waals surface area contributed by atoms with E-state index in [0.717, 1.165) is 10.0 Å². The van der Waals surface area contributed by atoms with Crippen molar-refractivity contribution < 1.29 is 0 Å². The molecular weight excluding hydrogens is 284 g/mol. The van der Waals surface area contributed by atoms with Crippen LogP contribution in [0.15, 0.2) is 66.2 Å². The van der Waals surface area contributed by atoms with Gasteiger partial charge in [0.05, 0.1) is 0 Å². The molecule has 0 bridgehead atoms. The zero-order chi connectivity index (χ0) is 13.4. The van der Waals surface area contributed by atoms with E-state index in [9.17, 15) is 0 Å². The highest BCUT2D eigenvalue weighted by atomic mass is 79.9.